The molecule has 2 heterocycles. The van der Waals surface area contributed by atoms with E-state index in [9.17, 15) is 4.79 Å². The number of fused-ring (bicyclic) bond motifs is 1. The molecule has 0 saturated carbocycles. The lowest BCUT2D eigenvalue weighted by molar-refractivity contribution is 0.263. The molecule has 0 spiro atoms. The second kappa shape index (κ2) is 4.46. The number of ether oxygens (including phenoxy) is 2. The van der Waals surface area contributed by atoms with Gasteiger partial charge in [0.25, 0.3) is 5.56 Å². The van der Waals surface area contributed by atoms with E-state index in [1.54, 1.807) is 0 Å². The number of para-hydroxylation sites is 1. The maximum absolute atomic E-state index is 12.0. The number of nitrogens with one attached hydrogen (secondary N) is 1. The lowest BCUT2D eigenvalue weighted by Crippen LogP contribution is -2.16. The quantitative estimate of drug-likeness (QED) is 0.837. The highest BCUT2D eigenvalue weighted by atomic mass is 16.6. The summed E-state index contributed by atoms with van der Waals surface area (Å²) in [5, 5.41) is 0.953. The molecule has 0 bridgehead atoms. The first-order chi connectivity index (χ1) is 8.79. The second-order valence-corrected chi connectivity index (χ2v) is 4.43. The van der Waals surface area contributed by atoms with Crippen molar-refractivity contribution < 1.29 is 9.47 Å². The zero-order valence-electron chi connectivity index (χ0n) is 10.2. The van der Waals surface area contributed by atoms with Crippen LogP contribution in [-0.2, 0) is 11.2 Å². The zero-order chi connectivity index (χ0) is 12.5. The lowest BCUT2D eigenvalue weighted by atomic mass is 10.1. The zero-order valence-corrected chi connectivity index (χ0v) is 10.2. The summed E-state index contributed by atoms with van der Waals surface area (Å²) < 4.78 is 10.9. The molecule has 2 aromatic rings. The van der Waals surface area contributed by atoms with Crippen LogP contribution >= 0.6 is 0 Å². The van der Waals surface area contributed by atoms with Crippen molar-refractivity contribution in [2.75, 3.05) is 13.2 Å². The van der Waals surface area contributed by atoms with Gasteiger partial charge in [0.1, 0.15) is 18.5 Å². The highest BCUT2D eigenvalue weighted by Gasteiger charge is 2.24. The SMILES string of the molecule is CCc1c(OCC2CO2)c2ccccc2[nH]c1=O. The third-order valence-electron chi connectivity index (χ3n) is 3.14. The number of hydrogen-bond donors (Lipinski definition) is 1. The fourth-order valence-electron chi connectivity index (χ4n) is 2.08. The lowest BCUT2D eigenvalue weighted by Gasteiger charge is -2.12. The first-order valence-corrected chi connectivity index (χ1v) is 6.18. The van der Waals surface area contributed by atoms with Gasteiger partial charge in [-0.1, -0.05) is 19.1 Å². The van der Waals surface area contributed by atoms with Crippen LogP contribution in [0.15, 0.2) is 29.1 Å². The van der Waals surface area contributed by atoms with Crippen LogP contribution in [0.5, 0.6) is 5.75 Å². The number of epoxide rings is 1. The summed E-state index contributed by atoms with van der Waals surface area (Å²) in [6, 6.07) is 7.70. The maximum Gasteiger partial charge on any atom is 0.255 e. The molecule has 1 aliphatic rings. The summed E-state index contributed by atoms with van der Waals surface area (Å²) in [5.41, 5.74) is 1.45. The summed E-state index contributed by atoms with van der Waals surface area (Å²) in [4.78, 5) is 14.9. The Kier molecular flexibility index (Phi) is 2.80. The van der Waals surface area contributed by atoms with Crippen LogP contribution in [-0.4, -0.2) is 24.3 Å². The van der Waals surface area contributed by atoms with Crippen molar-refractivity contribution in [2.24, 2.45) is 0 Å². The maximum atomic E-state index is 12.0. The molecule has 4 nitrogen and oxygen atoms in total. The number of rotatable bonds is 4. The van der Waals surface area contributed by atoms with Crippen LogP contribution in [0.1, 0.15) is 12.5 Å². The largest absolute Gasteiger partial charge is 0.490 e. The summed E-state index contributed by atoms with van der Waals surface area (Å²) in [7, 11) is 0. The Balaban J connectivity index is 2.12. The Labute approximate surface area is 105 Å². The second-order valence-electron chi connectivity index (χ2n) is 4.43. The van der Waals surface area contributed by atoms with Gasteiger partial charge in [-0.15, -0.1) is 0 Å². The molecule has 1 saturated heterocycles. The Morgan fingerprint density at radius 2 is 2.22 bits per heavy atom. The van der Waals surface area contributed by atoms with E-state index in [0.717, 1.165) is 17.5 Å². The molecule has 4 heteroatoms. The van der Waals surface area contributed by atoms with Gasteiger partial charge < -0.3 is 14.5 Å². The van der Waals surface area contributed by atoms with Gasteiger partial charge in [0.15, 0.2) is 0 Å². The Morgan fingerprint density at radius 1 is 1.44 bits per heavy atom. The van der Waals surface area contributed by atoms with Crippen molar-refractivity contribution in [3.63, 3.8) is 0 Å². The van der Waals surface area contributed by atoms with Crippen LogP contribution in [0.3, 0.4) is 0 Å². The van der Waals surface area contributed by atoms with Crippen molar-refractivity contribution in [3.05, 3.63) is 40.2 Å². The fraction of sp³-hybridized carbons (Fsp3) is 0.357. The average Bonchev–Trinajstić information content (AvgIpc) is 3.19. The van der Waals surface area contributed by atoms with Crippen molar-refractivity contribution in [2.45, 2.75) is 19.4 Å². The van der Waals surface area contributed by atoms with Gasteiger partial charge in [0, 0.05) is 5.39 Å². The minimum absolute atomic E-state index is 0.0667. The number of pyridine rings is 1. The van der Waals surface area contributed by atoms with Gasteiger partial charge in [-0.25, -0.2) is 0 Å². The van der Waals surface area contributed by atoms with E-state index < -0.39 is 0 Å². The van der Waals surface area contributed by atoms with Gasteiger partial charge in [-0.05, 0) is 18.6 Å². The highest BCUT2D eigenvalue weighted by Crippen LogP contribution is 2.27. The fourth-order valence-corrected chi connectivity index (χ4v) is 2.08. The molecule has 1 aliphatic heterocycles. The summed E-state index contributed by atoms with van der Waals surface area (Å²) in [6.45, 7) is 3.23. The molecule has 1 N–H and O–H groups in total. The van der Waals surface area contributed by atoms with Crippen LogP contribution < -0.4 is 10.3 Å². The Bertz CT molecular complexity index is 628. The van der Waals surface area contributed by atoms with Crippen LogP contribution in [0, 0.1) is 0 Å². The van der Waals surface area contributed by atoms with Gasteiger partial charge in [-0.2, -0.15) is 0 Å². The third kappa shape index (κ3) is 1.99. The highest BCUT2D eigenvalue weighted by molar-refractivity contribution is 5.86. The van der Waals surface area contributed by atoms with Crippen molar-refractivity contribution in [3.8, 4) is 5.75 Å². The van der Waals surface area contributed by atoms with Crippen LogP contribution in [0.4, 0.5) is 0 Å². The third-order valence-corrected chi connectivity index (χ3v) is 3.14. The van der Waals surface area contributed by atoms with Gasteiger partial charge in [0.05, 0.1) is 17.7 Å². The molecular formula is C14H15NO3. The number of hydrogen-bond acceptors (Lipinski definition) is 3. The smallest absolute Gasteiger partial charge is 0.255 e. The number of aromatic nitrogens is 1. The Hall–Kier alpha value is -1.81. The normalized spacial score (nSPS) is 17.9. The molecule has 1 aromatic carbocycles. The molecular weight excluding hydrogens is 230 g/mol. The molecule has 0 amide bonds. The van der Waals surface area contributed by atoms with E-state index in [1.807, 2.05) is 31.2 Å². The molecule has 1 fully saturated rings. The predicted octanol–water partition coefficient (Wildman–Crippen LogP) is 1.87. The van der Waals surface area contributed by atoms with Crippen molar-refractivity contribution in [1.82, 2.24) is 4.98 Å². The predicted molar refractivity (Wildman–Crippen MR) is 69.2 cm³/mol. The van der Waals surface area contributed by atoms with Crippen LogP contribution in [0.2, 0.25) is 0 Å². The Morgan fingerprint density at radius 3 is 2.94 bits per heavy atom. The van der Waals surface area contributed by atoms with E-state index in [1.165, 1.54) is 0 Å². The van der Waals surface area contributed by atoms with Crippen molar-refractivity contribution in [1.29, 1.82) is 0 Å². The monoisotopic (exact) mass is 245 g/mol. The summed E-state index contributed by atoms with van der Waals surface area (Å²) in [5.74, 6) is 0.701. The number of benzene rings is 1. The topological polar surface area (TPSA) is 54.6 Å². The standard InChI is InChI=1S/C14H15NO3/c1-2-10-13(18-8-9-7-17-9)11-5-3-4-6-12(11)15-14(10)16/h3-6,9H,2,7-8H2,1H3,(H,15,16). The van der Waals surface area contributed by atoms with Gasteiger partial charge in [-0.3, -0.25) is 4.79 Å². The molecule has 1 unspecified atom stereocenters. The molecule has 3 rings (SSSR count). The molecule has 0 aliphatic carbocycles. The molecule has 0 radical (unpaired) electrons. The first-order valence-electron chi connectivity index (χ1n) is 6.18. The number of aromatic amines is 1. The van der Waals surface area contributed by atoms with Gasteiger partial charge >= 0.3 is 0 Å². The first kappa shape index (κ1) is 11.3. The number of H-pyrrole nitrogens is 1. The van der Waals surface area contributed by atoms with Gasteiger partial charge in [0.2, 0.25) is 0 Å². The van der Waals surface area contributed by atoms with E-state index in [2.05, 4.69) is 4.98 Å². The van der Waals surface area contributed by atoms with E-state index in [-0.39, 0.29) is 11.7 Å². The average molecular weight is 245 g/mol. The summed E-state index contributed by atoms with van der Waals surface area (Å²) in [6.07, 6.45) is 0.842. The summed E-state index contributed by atoms with van der Waals surface area (Å²) >= 11 is 0. The van der Waals surface area contributed by atoms with E-state index >= 15 is 0 Å². The molecule has 1 atom stereocenters. The van der Waals surface area contributed by atoms with E-state index in [0.29, 0.717) is 24.3 Å². The molecule has 94 valence electrons. The van der Waals surface area contributed by atoms with Crippen LogP contribution in [0.25, 0.3) is 10.9 Å². The molecule has 1 aromatic heterocycles. The van der Waals surface area contributed by atoms with E-state index in [4.69, 9.17) is 9.47 Å². The minimum Gasteiger partial charge on any atom is -0.490 e. The minimum atomic E-state index is -0.0667. The molecule has 18 heavy (non-hydrogen) atoms. The van der Waals surface area contributed by atoms with Crippen molar-refractivity contribution >= 4 is 10.9 Å².